The number of likely N-dealkylation sites (tertiary alicyclic amines) is 1. The molecule has 1 amide bonds. The van der Waals surface area contributed by atoms with Gasteiger partial charge in [-0.05, 0) is 49.7 Å². The van der Waals surface area contributed by atoms with Crippen LogP contribution < -0.4 is 0 Å². The zero-order valence-electron chi connectivity index (χ0n) is 13.8. The number of rotatable bonds is 3. The molecule has 0 aliphatic carbocycles. The van der Waals surface area contributed by atoms with Crippen LogP contribution in [0.3, 0.4) is 0 Å². The Morgan fingerprint density at radius 2 is 2.00 bits per heavy atom. The van der Waals surface area contributed by atoms with E-state index in [1.54, 1.807) is 12.1 Å². The van der Waals surface area contributed by atoms with Crippen LogP contribution in [-0.4, -0.2) is 59.4 Å². The van der Waals surface area contributed by atoms with Gasteiger partial charge in [0.2, 0.25) is 5.91 Å². The Labute approximate surface area is 145 Å². The molecule has 130 valence electrons. The minimum Gasteiger partial charge on any atom is -0.336 e. The van der Waals surface area contributed by atoms with Crippen molar-refractivity contribution in [3.8, 4) is 0 Å². The standard InChI is InChI=1S/C18H22F2N2OS/c1-24-10-15(23)22-9-13(12-3-2-4-14(19)16(12)20)18-17(22)11-5-7-21(18)8-6-11/h2-4,11,13,17-18H,5-10H2,1H3/t13-,17-,18-/m1/s1. The van der Waals surface area contributed by atoms with Crippen molar-refractivity contribution >= 4 is 17.7 Å². The molecule has 0 saturated carbocycles. The molecule has 4 fully saturated rings. The second-order valence-corrected chi connectivity index (χ2v) is 7.95. The molecule has 4 aliphatic heterocycles. The van der Waals surface area contributed by atoms with Crippen LogP contribution >= 0.6 is 11.8 Å². The Morgan fingerprint density at radius 1 is 1.25 bits per heavy atom. The van der Waals surface area contributed by atoms with Gasteiger partial charge in [-0.1, -0.05) is 12.1 Å². The molecule has 0 spiro atoms. The summed E-state index contributed by atoms with van der Waals surface area (Å²) in [5, 5.41) is 0. The Hall–Kier alpha value is -1.14. The summed E-state index contributed by atoms with van der Waals surface area (Å²) in [5.74, 6) is -0.608. The van der Waals surface area contributed by atoms with E-state index in [-0.39, 0.29) is 23.9 Å². The topological polar surface area (TPSA) is 23.6 Å². The van der Waals surface area contributed by atoms with Crippen LogP contribution in [-0.2, 0) is 4.79 Å². The lowest BCUT2D eigenvalue weighted by molar-refractivity contribution is -0.133. The van der Waals surface area contributed by atoms with E-state index in [1.807, 2.05) is 11.2 Å². The molecule has 0 unspecified atom stereocenters. The minimum atomic E-state index is -0.797. The third-order valence-electron chi connectivity index (χ3n) is 5.96. The number of amides is 1. The number of carbonyl (C=O) groups excluding carboxylic acids is 1. The van der Waals surface area contributed by atoms with E-state index in [0.717, 1.165) is 32.0 Å². The molecule has 1 aromatic carbocycles. The van der Waals surface area contributed by atoms with Gasteiger partial charge in [0, 0.05) is 18.5 Å². The number of fused-ring (bicyclic) bond motifs is 2. The van der Waals surface area contributed by atoms with Crippen molar-refractivity contribution in [1.29, 1.82) is 0 Å². The molecule has 6 heteroatoms. The van der Waals surface area contributed by atoms with Gasteiger partial charge in [0.05, 0.1) is 11.8 Å². The molecule has 4 heterocycles. The van der Waals surface area contributed by atoms with Crippen LogP contribution in [0.1, 0.15) is 24.3 Å². The van der Waals surface area contributed by atoms with Gasteiger partial charge in [-0.15, -0.1) is 0 Å². The van der Waals surface area contributed by atoms with Crippen molar-refractivity contribution in [2.24, 2.45) is 5.92 Å². The second-order valence-electron chi connectivity index (χ2n) is 7.08. The van der Waals surface area contributed by atoms with Crippen molar-refractivity contribution in [3.63, 3.8) is 0 Å². The Kier molecular flexibility index (Phi) is 4.29. The minimum absolute atomic E-state index is 0.125. The number of hydrogen-bond acceptors (Lipinski definition) is 3. The second kappa shape index (κ2) is 6.30. The number of thioether (sulfide) groups is 1. The lowest BCUT2D eigenvalue weighted by Gasteiger charge is -2.51. The molecule has 0 aromatic heterocycles. The molecule has 24 heavy (non-hydrogen) atoms. The van der Waals surface area contributed by atoms with Gasteiger partial charge in [0.1, 0.15) is 0 Å². The SMILES string of the molecule is CSCC(=O)N1C[C@H](c2cccc(F)c2F)[C@@H]2[C@H]1C1CCN2CC1. The van der Waals surface area contributed by atoms with Crippen LogP contribution in [0, 0.1) is 17.6 Å². The normalized spacial score (nSPS) is 34.5. The smallest absolute Gasteiger partial charge is 0.232 e. The first-order chi connectivity index (χ1) is 11.6. The summed E-state index contributed by atoms with van der Waals surface area (Å²) >= 11 is 1.52. The predicted octanol–water partition coefficient (Wildman–Crippen LogP) is 2.72. The maximum Gasteiger partial charge on any atom is 0.232 e. The van der Waals surface area contributed by atoms with Gasteiger partial charge < -0.3 is 4.90 Å². The van der Waals surface area contributed by atoms with Crippen molar-refractivity contribution in [3.05, 3.63) is 35.4 Å². The van der Waals surface area contributed by atoms with Crippen LogP contribution in [0.4, 0.5) is 8.78 Å². The summed E-state index contributed by atoms with van der Waals surface area (Å²) in [6.45, 7) is 2.51. The number of halogens is 2. The maximum atomic E-state index is 14.4. The number of carbonyl (C=O) groups is 1. The van der Waals surface area contributed by atoms with E-state index in [2.05, 4.69) is 4.90 Å². The Balaban J connectivity index is 1.72. The molecule has 4 aliphatic rings. The van der Waals surface area contributed by atoms with Crippen molar-refractivity contribution in [2.45, 2.75) is 30.8 Å². The zero-order chi connectivity index (χ0) is 16.8. The molecular weight excluding hydrogens is 330 g/mol. The van der Waals surface area contributed by atoms with Crippen molar-refractivity contribution < 1.29 is 13.6 Å². The van der Waals surface area contributed by atoms with Gasteiger partial charge in [-0.3, -0.25) is 9.69 Å². The predicted molar refractivity (Wildman–Crippen MR) is 91.1 cm³/mol. The summed E-state index contributed by atoms with van der Waals surface area (Å²) in [7, 11) is 0. The fourth-order valence-electron chi connectivity index (χ4n) is 4.99. The number of benzene rings is 1. The molecule has 0 radical (unpaired) electrons. The summed E-state index contributed by atoms with van der Waals surface area (Å²) in [6.07, 6.45) is 4.12. The highest BCUT2D eigenvalue weighted by Gasteiger charge is 2.54. The van der Waals surface area contributed by atoms with Crippen molar-refractivity contribution in [1.82, 2.24) is 9.80 Å². The van der Waals surface area contributed by atoms with E-state index in [4.69, 9.17) is 0 Å². The molecule has 0 N–H and O–H groups in total. The fraction of sp³-hybridized carbons (Fsp3) is 0.611. The average Bonchev–Trinajstić information content (AvgIpc) is 3.01. The first-order valence-electron chi connectivity index (χ1n) is 8.58. The van der Waals surface area contributed by atoms with Gasteiger partial charge >= 0.3 is 0 Å². The van der Waals surface area contributed by atoms with E-state index in [9.17, 15) is 13.6 Å². The summed E-state index contributed by atoms with van der Waals surface area (Å²) in [4.78, 5) is 17.0. The third kappa shape index (κ3) is 2.46. The van der Waals surface area contributed by atoms with Crippen LogP contribution in [0.15, 0.2) is 18.2 Å². The lowest BCUT2D eigenvalue weighted by atomic mass is 9.75. The Morgan fingerprint density at radius 3 is 2.71 bits per heavy atom. The van der Waals surface area contributed by atoms with Gasteiger partial charge in [0.15, 0.2) is 11.6 Å². The molecular formula is C18H22F2N2OS. The third-order valence-corrected chi connectivity index (χ3v) is 6.50. The van der Waals surface area contributed by atoms with Crippen molar-refractivity contribution in [2.75, 3.05) is 31.6 Å². The van der Waals surface area contributed by atoms with Crippen LogP contribution in [0.5, 0.6) is 0 Å². The highest BCUT2D eigenvalue weighted by atomic mass is 32.2. The van der Waals surface area contributed by atoms with E-state index >= 15 is 0 Å². The quantitative estimate of drug-likeness (QED) is 0.836. The first kappa shape index (κ1) is 16.3. The van der Waals surface area contributed by atoms with Crippen LogP contribution in [0.25, 0.3) is 0 Å². The molecule has 5 rings (SSSR count). The van der Waals surface area contributed by atoms with E-state index in [0.29, 0.717) is 23.8 Å². The summed E-state index contributed by atoms with van der Waals surface area (Å²) < 4.78 is 28.2. The molecule has 2 bridgehead atoms. The summed E-state index contributed by atoms with van der Waals surface area (Å²) in [5.41, 5.74) is 0.428. The zero-order valence-corrected chi connectivity index (χ0v) is 14.6. The van der Waals surface area contributed by atoms with E-state index < -0.39 is 11.6 Å². The molecule has 3 atom stereocenters. The number of piperidine rings is 3. The summed E-state index contributed by atoms with van der Waals surface area (Å²) in [6, 6.07) is 4.70. The van der Waals surface area contributed by atoms with Crippen LogP contribution in [0.2, 0.25) is 0 Å². The molecule has 1 aromatic rings. The maximum absolute atomic E-state index is 14.4. The first-order valence-corrected chi connectivity index (χ1v) is 9.97. The molecule has 3 nitrogen and oxygen atoms in total. The van der Waals surface area contributed by atoms with Gasteiger partial charge in [-0.25, -0.2) is 8.78 Å². The fourth-order valence-corrected chi connectivity index (χ4v) is 5.40. The van der Waals surface area contributed by atoms with Gasteiger partial charge in [-0.2, -0.15) is 11.8 Å². The monoisotopic (exact) mass is 352 g/mol. The number of hydrogen-bond donors (Lipinski definition) is 0. The Bertz CT molecular complexity index is 648. The number of nitrogens with zero attached hydrogens (tertiary/aromatic N) is 2. The highest BCUT2D eigenvalue weighted by molar-refractivity contribution is 7.99. The highest BCUT2D eigenvalue weighted by Crippen LogP contribution is 2.47. The lowest BCUT2D eigenvalue weighted by Crippen LogP contribution is -2.61. The average molecular weight is 352 g/mol. The van der Waals surface area contributed by atoms with Gasteiger partial charge in [0.25, 0.3) is 0 Å². The largest absolute Gasteiger partial charge is 0.336 e. The van der Waals surface area contributed by atoms with E-state index in [1.165, 1.54) is 11.8 Å². The molecule has 4 saturated heterocycles.